The third kappa shape index (κ3) is 8.81. The number of carbonyl (C=O) groups excluding carboxylic acids is 3. The largest absolute Gasteiger partial charge is 0.234 e. The molecule has 6 nitrogen and oxygen atoms in total. The number of rotatable bonds is 8. The fourth-order valence-corrected chi connectivity index (χ4v) is 1.64. The van der Waals surface area contributed by atoms with E-state index in [2.05, 4.69) is 15.0 Å². The summed E-state index contributed by atoms with van der Waals surface area (Å²) in [7, 11) is 0. The normalized spacial score (nSPS) is 10.4. The topological polar surface area (TPSA) is 88.3 Å². The molecule has 0 fully saturated rings. The number of isocyanates is 3. The van der Waals surface area contributed by atoms with Crippen LogP contribution in [0, 0.1) is 0 Å². The second kappa shape index (κ2) is 10.6. The first-order valence-corrected chi connectivity index (χ1v) is 5.12. The Hall–Kier alpha value is -1.51. The van der Waals surface area contributed by atoms with E-state index >= 15 is 0 Å². The van der Waals surface area contributed by atoms with Gasteiger partial charge in [0.05, 0.1) is 19.6 Å². The number of nitrogens with zero attached hydrogens (tertiary/aromatic N) is 3. The van der Waals surface area contributed by atoms with E-state index in [0.29, 0.717) is 12.3 Å². The predicted octanol–water partition coefficient (Wildman–Crippen LogP) is 0.0956. The summed E-state index contributed by atoms with van der Waals surface area (Å²) in [6, 6.07) is 0. The molecule has 0 heterocycles. The lowest BCUT2D eigenvalue weighted by molar-refractivity contribution is 0.561. The van der Waals surface area contributed by atoms with Crippen molar-refractivity contribution in [1.82, 2.24) is 0 Å². The van der Waals surface area contributed by atoms with Gasteiger partial charge in [0, 0.05) is 11.0 Å². The average Bonchev–Trinajstić information content (AvgIpc) is 2.27. The second-order valence-corrected chi connectivity index (χ2v) is 3.74. The summed E-state index contributed by atoms with van der Waals surface area (Å²) in [5.74, 6) is 0.586. The molecule has 0 atom stereocenters. The van der Waals surface area contributed by atoms with Gasteiger partial charge in [-0.2, -0.15) is 11.8 Å². The lowest BCUT2D eigenvalue weighted by Crippen LogP contribution is -2.12. The first-order valence-electron chi connectivity index (χ1n) is 4.07. The molecule has 0 saturated carbocycles. The molecule has 0 spiro atoms. The van der Waals surface area contributed by atoms with E-state index in [1.807, 2.05) is 0 Å². The summed E-state index contributed by atoms with van der Waals surface area (Å²) in [6.45, 7) is 0.828. The zero-order valence-corrected chi connectivity index (χ0v) is 8.70. The lowest BCUT2D eigenvalue weighted by atomic mass is 10.4. The molecule has 80 valence electrons. The summed E-state index contributed by atoms with van der Waals surface area (Å²) < 4.78 is 0. The molecule has 0 amide bonds. The van der Waals surface area contributed by atoms with Crippen molar-refractivity contribution in [2.75, 3.05) is 25.4 Å². The monoisotopic (exact) mass is 227 g/mol. The van der Waals surface area contributed by atoms with Crippen molar-refractivity contribution < 1.29 is 14.4 Å². The van der Waals surface area contributed by atoms with E-state index in [4.69, 9.17) is 0 Å². The minimum absolute atomic E-state index is 0.0882. The summed E-state index contributed by atoms with van der Waals surface area (Å²) in [6.07, 6.45) is 4.24. The maximum absolute atomic E-state index is 9.88. The van der Waals surface area contributed by atoms with Gasteiger partial charge in [-0.05, 0) is 0 Å². The molecule has 0 aliphatic rings. The lowest BCUT2D eigenvalue weighted by Gasteiger charge is -2.08. The van der Waals surface area contributed by atoms with Gasteiger partial charge in [-0.3, -0.25) is 0 Å². The van der Waals surface area contributed by atoms with Crippen LogP contribution in [0.2, 0.25) is 0 Å². The summed E-state index contributed by atoms with van der Waals surface area (Å²) in [4.78, 5) is 39.7. The minimum atomic E-state index is -0.0882. The highest BCUT2D eigenvalue weighted by Crippen LogP contribution is 2.11. The van der Waals surface area contributed by atoms with Crippen LogP contribution >= 0.6 is 11.8 Å². The molecule has 7 heteroatoms. The zero-order chi connectivity index (χ0) is 11.4. The molecule has 0 saturated heterocycles. The Kier molecular flexibility index (Phi) is 9.51. The van der Waals surface area contributed by atoms with Crippen LogP contribution in [0.4, 0.5) is 0 Å². The number of aliphatic imine (C=N–C) groups is 3. The van der Waals surface area contributed by atoms with Gasteiger partial charge >= 0.3 is 0 Å². The van der Waals surface area contributed by atoms with Crippen molar-refractivity contribution in [2.24, 2.45) is 15.0 Å². The second-order valence-electron chi connectivity index (χ2n) is 2.33. The van der Waals surface area contributed by atoms with Gasteiger partial charge in [0.15, 0.2) is 0 Å². The van der Waals surface area contributed by atoms with Gasteiger partial charge in [-0.15, -0.1) is 0 Å². The third-order valence-corrected chi connectivity index (χ3v) is 2.53. The highest BCUT2D eigenvalue weighted by molar-refractivity contribution is 8.00. The molecular weight excluding hydrogens is 218 g/mol. The summed E-state index contributed by atoms with van der Waals surface area (Å²) in [5.41, 5.74) is 0. The molecular formula is C8H9N3O3S. The first kappa shape index (κ1) is 13.5. The molecule has 0 unspecified atom stereocenters. The van der Waals surface area contributed by atoms with E-state index in [9.17, 15) is 14.4 Å². The quantitative estimate of drug-likeness (QED) is 0.334. The van der Waals surface area contributed by atoms with Crippen LogP contribution in [0.1, 0.15) is 0 Å². The molecule has 0 aromatic rings. The molecule has 0 aromatic carbocycles. The van der Waals surface area contributed by atoms with Crippen molar-refractivity contribution in [3.05, 3.63) is 0 Å². The van der Waals surface area contributed by atoms with Crippen LogP contribution in [0.3, 0.4) is 0 Å². The van der Waals surface area contributed by atoms with Gasteiger partial charge in [0.25, 0.3) is 0 Å². The van der Waals surface area contributed by atoms with Crippen LogP contribution in [-0.2, 0) is 14.4 Å². The van der Waals surface area contributed by atoms with Crippen molar-refractivity contribution in [3.63, 3.8) is 0 Å². The highest BCUT2D eigenvalue weighted by Gasteiger charge is 2.07. The van der Waals surface area contributed by atoms with Crippen LogP contribution in [-0.4, -0.2) is 48.9 Å². The minimum Gasteiger partial charge on any atom is -0.211 e. The fourth-order valence-electron chi connectivity index (χ4n) is 0.752. The highest BCUT2D eigenvalue weighted by atomic mass is 32.2. The predicted molar refractivity (Wildman–Crippen MR) is 55.2 cm³/mol. The fraction of sp³-hybridized carbons (Fsp3) is 0.625. The molecule has 0 radical (unpaired) electrons. The Labute approximate surface area is 90.6 Å². The Morgan fingerprint density at radius 2 is 1.47 bits per heavy atom. The molecule has 0 N–H and O–H groups in total. The summed E-state index contributed by atoms with van der Waals surface area (Å²) >= 11 is 1.42. The zero-order valence-electron chi connectivity index (χ0n) is 7.88. The van der Waals surface area contributed by atoms with Gasteiger partial charge < -0.3 is 0 Å². The molecule has 0 aliphatic heterocycles. The van der Waals surface area contributed by atoms with Crippen LogP contribution < -0.4 is 0 Å². The Balaban J connectivity index is 3.92. The van der Waals surface area contributed by atoms with Crippen molar-refractivity contribution in [2.45, 2.75) is 5.25 Å². The van der Waals surface area contributed by atoms with Crippen molar-refractivity contribution >= 4 is 30.0 Å². The van der Waals surface area contributed by atoms with Gasteiger partial charge in [0.2, 0.25) is 18.2 Å². The summed E-state index contributed by atoms with van der Waals surface area (Å²) in [5, 5.41) is -0.0882. The average molecular weight is 227 g/mol. The van der Waals surface area contributed by atoms with Crippen LogP contribution in [0.15, 0.2) is 15.0 Å². The molecule has 15 heavy (non-hydrogen) atoms. The van der Waals surface area contributed by atoms with Crippen LogP contribution in [0.5, 0.6) is 0 Å². The smallest absolute Gasteiger partial charge is 0.211 e. The van der Waals surface area contributed by atoms with E-state index in [0.717, 1.165) is 0 Å². The maximum Gasteiger partial charge on any atom is 0.234 e. The Bertz CT molecular complexity index is 295. The van der Waals surface area contributed by atoms with Gasteiger partial charge in [-0.25, -0.2) is 29.4 Å². The Morgan fingerprint density at radius 1 is 0.933 bits per heavy atom. The standard InChI is InChI=1S/C8H9N3O3S/c12-5-9-1-2-15-8(3-10-6-13)4-11-7-14/h8H,1-4H2. The number of thioether (sulfide) groups is 1. The van der Waals surface area contributed by atoms with Crippen LogP contribution in [0.25, 0.3) is 0 Å². The Morgan fingerprint density at radius 3 is 1.93 bits per heavy atom. The SMILES string of the molecule is O=C=NCCSC(CN=C=O)CN=C=O. The van der Waals surface area contributed by atoms with Crippen molar-refractivity contribution in [1.29, 1.82) is 0 Å². The van der Waals surface area contributed by atoms with Crippen molar-refractivity contribution in [3.8, 4) is 0 Å². The van der Waals surface area contributed by atoms with Gasteiger partial charge in [-0.1, -0.05) is 0 Å². The number of hydrogen-bond donors (Lipinski definition) is 0. The maximum atomic E-state index is 9.88. The first-order chi connectivity index (χ1) is 7.35. The van der Waals surface area contributed by atoms with E-state index in [1.54, 1.807) is 0 Å². The van der Waals surface area contributed by atoms with E-state index in [-0.39, 0.29) is 18.3 Å². The third-order valence-electron chi connectivity index (χ3n) is 1.34. The number of hydrogen-bond acceptors (Lipinski definition) is 7. The van der Waals surface area contributed by atoms with E-state index < -0.39 is 0 Å². The van der Waals surface area contributed by atoms with E-state index in [1.165, 1.54) is 30.0 Å². The molecule has 0 aliphatic carbocycles. The molecule has 0 rings (SSSR count). The van der Waals surface area contributed by atoms with Gasteiger partial charge in [0.1, 0.15) is 0 Å². The molecule has 0 bridgehead atoms. The molecule has 0 aromatic heterocycles.